The van der Waals surface area contributed by atoms with Gasteiger partial charge in [0, 0.05) is 50.7 Å². The van der Waals surface area contributed by atoms with Crippen LogP contribution in [0, 0.1) is 13.8 Å². The zero-order chi connectivity index (χ0) is 26.6. The second-order valence-corrected chi connectivity index (χ2v) is 10.2. The number of nitrogens with zero attached hydrogens (tertiary/aromatic N) is 3. The Morgan fingerprint density at radius 3 is 2.61 bits per heavy atom. The van der Waals surface area contributed by atoms with Gasteiger partial charge in [-0.25, -0.2) is 0 Å². The molecule has 8 heteroatoms. The van der Waals surface area contributed by atoms with Crippen molar-refractivity contribution in [2.75, 3.05) is 52.5 Å². The number of hydrogen-bond acceptors (Lipinski definition) is 7. The van der Waals surface area contributed by atoms with Crippen LogP contribution < -0.4 is 15.0 Å². The zero-order valence-corrected chi connectivity index (χ0v) is 22.6. The molecule has 1 atom stereocenters. The Labute approximate surface area is 223 Å². The highest BCUT2D eigenvalue weighted by atomic mass is 16.6. The van der Waals surface area contributed by atoms with Gasteiger partial charge in [-0.05, 0) is 62.1 Å². The number of fused-ring (bicyclic) bond motifs is 2. The minimum absolute atomic E-state index is 0.00801. The molecule has 2 aliphatic rings. The average Bonchev–Trinajstić information content (AvgIpc) is 2.92. The normalized spacial score (nSPS) is 18.0. The van der Waals surface area contributed by atoms with Gasteiger partial charge in [0.15, 0.2) is 11.5 Å². The summed E-state index contributed by atoms with van der Waals surface area (Å²) in [5.74, 6) is 1.40. The van der Waals surface area contributed by atoms with Gasteiger partial charge in [-0.2, -0.15) is 0 Å². The monoisotopic (exact) mass is 519 g/mol. The summed E-state index contributed by atoms with van der Waals surface area (Å²) in [7, 11) is 0. The third-order valence-corrected chi connectivity index (χ3v) is 7.54. The molecular formula is C30H37N3O5. The van der Waals surface area contributed by atoms with Gasteiger partial charge in [-0.1, -0.05) is 18.2 Å². The van der Waals surface area contributed by atoms with Gasteiger partial charge in [0.25, 0.3) is 5.56 Å². The molecule has 0 N–H and O–H groups in total. The van der Waals surface area contributed by atoms with E-state index in [1.165, 1.54) is 5.56 Å². The lowest BCUT2D eigenvalue weighted by molar-refractivity contribution is -0.152. The van der Waals surface area contributed by atoms with E-state index in [1.807, 2.05) is 31.4 Å². The van der Waals surface area contributed by atoms with Crippen LogP contribution in [-0.4, -0.2) is 78.9 Å². The number of rotatable bonds is 8. The molecule has 0 amide bonds. The summed E-state index contributed by atoms with van der Waals surface area (Å²) < 4.78 is 18.7. The average molecular weight is 520 g/mol. The second kappa shape index (κ2) is 11.6. The fourth-order valence-corrected chi connectivity index (χ4v) is 5.46. The van der Waals surface area contributed by atoms with Gasteiger partial charge < -0.3 is 18.8 Å². The standard InChI is InChI=1S/C30H37N3O5/c1-4-36-30(35)26-20-31(10-9-23-6-8-27-28(19-23)38-16-15-37-27)11-12-32(26)13-14-33-25-17-21(2)5-7-24(25)22(3)18-29(33)34/h5-8,17-19,26H,4,9-16,20H2,1-3H3. The van der Waals surface area contributed by atoms with Gasteiger partial charge in [-0.15, -0.1) is 0 Å². The van der Waals surface area contributed by atoms with Gasteiger partial charge in [0.2, 0.25) is 0 Å². The van der Waals surface area contributed by atoms with Crippen LogP contribution in [-0.2, 0) is 22.5 Å². The van der Waals surface area contributed by atoms with Crippen LogP contribution in [0.4, 0.5) is 0 Å². The first-order valence-electron chi connectivity index (χ1n) is 13.6. The molecule has 38 heavy (non-hydrogen) atoms. The highest BCUT2D eigenvalue weighted by Gasteiger charge is 2.33. The van der Waals surface area contributed by atoms with Gasteiger partial charge in [0.1, 0.15) is 19.3 Å². The fourth-order valence-electron chi connectivity index (χ4n) is 5.46. The Balaban J connectivity index is 1.27. The topological polar surface area (TPSA) is 73.2 Å². The van der Waals surface area contributed by atoms with Crippen molar-refractivity contribution in [1.82, 2.24) is 14.4 Å². The van der Waals surface area contributed by atoms with Crippen molar-refractivity contribution in [3.05, 3.63) is 69.5 Å². The predicted octanol–water partition coefficient (Wildman–Crippen LogP) is 3.18. The van der Waals surface area contributed by atoms with Crippen molar-refractivity contribution in [3.63, 3.8) is 0 Å². The predicted molar refractivity (Wildman–Crippen MR) is 147 cm³/mol. The van der Waals surface area contributed by atoms with E-state index in [2.05, 4.69) is 40.1 Å². The number of esters is 1. The smallest absolute Gasteiger partial charge is 0.324 e. The van der Waals surface area contributed by atoms with E-state index in [4.69, 9.17) is 14.2 Å². The maximum absolute atomic E-state index is 13.0. The third kappa shape index (κ3) is 5.71. The molecule has 0 radical (unpaired) electrons. The highest BCUT2D eigenvalue weighted by molar-refractivity contribution is 5.83. The number of ether oxygens (including phenoxy) is 3. The molecule has 1 aromatic heterocycles. The summed E-state index contributed by atoms with van der Waals surface area (Å²) in [6.45, 7) is 11.5. The van der Waals surface area contributed by atoms with Crippen LogP contribution >= 0.6 is 0 Å². The van der Waals surface area contributed by atoms with Crippen molar-refractivity contribution >= 4 is 16.9 Å². The summed E-state index contributed by atoms with van der Waals surface area (Å²) in [6.07, 6.45) is 0.857. The maximum Gasteiger partial charge on any atom is 0.324 e. The molecule has 3 aromatic rings. The quantitative estimate of drug-likeness (QED) is 0.423. The number of aryl methyl sites for hydroxylation is 2. The summed E-state index contributed by atoms with van der Waals surface area (Å²) in [4.78, 5) is 30.4. The van der Waals surface area contributed by atoms with E-state index in [0.717, 1.165) is 59.6 Å². The molecule has 1 unspecified atom stereocenters. The molecule has 1 fully saturated rings. The van der Waals surface area contributed by atoms with Crippen molar-refractivity contribution in [2.45, 2.75) is 39.8 Å². The molecular weight excluding hydrogens is 482 g/mol. The van der Waals surface area contributed by atoms with Crippen LogP contribution in [0.2, 0.25) is 0 Å². The Morgan fingerprint density at radius 1 is 0.974 bits per heavy atom. The molecule has 0 spiro atoms. The number of carbonyl (C=O) groups is 1. The minimum Gasteiger partial charge on any atom is -0.486 e. The van der Waals surface area contributed by atoms with Crippen LogP contribution in [0.1, 0.15) is 23.6 Å². The number of hydrogen-bond donors (Lipinski definition) is 0. The summed E-state index contributed by atoms with van der Waals surface area (Å²) in [5.41, 5.74) is 4.22. The number of benzene rings is 2. The SMILES string of the molecule is CCOC(=O)C1CN(CCc2ccc3c(c2)OCCO3)CCN1CCn1c(=O)cc(C)c2ccc(C)cc21. The lowest BCUT2D eigenvalue weighted by Gasteiger charge is -2.40. The molecule has 0 aliphatic carbocycles. The van der Waals surface area contributed by atoms with E-state index in [-0.39, 0.29) is 17.6 Å². The van der Waals surface area contributed by atoms with Crippen LogP contribution in [0.3, 0.4) is 0 Å². The van der Waals surface area contributed by atoms with Crippen LogP contribution in [0.25, 0.3) is 10.9 Å². The van der Waals surface area contributed by atoms with E-state index in [1.54, 1.807) is 6.07 Å². The van der Waals surface area contributed by atoms with Crippen molar-refractivity contribution in [1.29, 1.82) is 0 Å². The maximum atomic E-state index is 13.0. The minimum atomic E-state index is -0.363. The molecule has 202 valence electrons. The molecule has 1 saturated heterocycles. The molecule has 2 aliphatic heterocycles. The van der Waals surface area contributed by atoms with Crippen LogP contribution in [0.15, 0.2) is 47.3 Å². The van der Waals surface area contributed by atoms with Gasteiger partial charge in [-0.3, -0.25) is 19.4 Å². The van der Waals surface area contributed by atoms with Gasteiger partial charge >= 0.3 is 5.97 Å². The number of carbonyl (C=O) groups excluding carboxylic acids is 1. The highest BCUT2D eigenvalue weighted by Crippen LogP contribution is 2.31. The number of piperazine rings is 1. The number of pyridine rings is 1. The Bertz CT molecular complexity index is 1370. The van der Waals surface area contributed by atoms with Crippen molar-refractivity contribution in [3.8, 4) is 11.5 Å². The largest absolute Gasteiger partial charge is 0.486 e. The fraction of sp³-hybridized carbons (Fsp3) is 0.467. The van der Waals surface area contributed by atoms with Crippen molar-refractivity contribution < 1.29 is 19.0 Å². The number of aromatic nitrogens is 1. The summed E-state index contributed by atoms with van der Waals surface area (Å²) >= 11 is 0. The van der Waals surface area contributed by atoms with E-state index < -0.39 is 0 Å². The van der Waals surface area contributed by atoms with Crippen molar-refractivity contribution in [2.24, 2.45) is 0 Å². The summed E-state index contributed by atoms with van der Waals surface area (Å²) in [6, 6.07) is 13.7. The van der Waals surface area contributed by atoms with E-state index in [0.29, 0.717) is 39.5 Å². The first kappa shape index (κ1) is 26.3. The molecule has 2 aromatic carbocycles. The Morgan fingerprint density at radius 2 is 1.79 bits per heavy atom. The molecule has 3 heterocycles. The van der Waals surface area contributed by atoms with Gasteiger partial charge in [0.05, 0.1) is 12.1 Å². The Kier molecular flexibility index (Phi) is 8.00. The third-order valence-electron chi connectivity index (χ3n) is 7.54. The first-order valence-corrected chi connectivity index (χ1v) is 13.6. The summed E-state index contributed by atoms with van der Waals surface area (Å²) in [5, 5.41) is 1.08. The van der Waals surface area contributed by atoms with E-state index in [9.17, 15) is 9.59 Å². The Hall–Kier alpha value is -3.36. The lowest BCUT2D eigenvalue weighted by Crippen LogP contribution is -2.57. The lowest BCUT2D eigenvalue weighted by atomic mass is 10.1. The molecule has 5 rings (SSSR count). The first-order chi connectivity index (χ1) is 18.4. The molecule has 0 saturated carbocycles. The molecule has 8 nitrogen and oxygen atoms in total. The van der Waals surface area contributed by atoms with E-state index >= 15 is 0 Å². The second-order valence-electron chi connectivity index (χ2n) is 10.2. The zero-order valence-electron chi connectivity index (χ0n) is 22.6. The van der Waals surface area contributed by atoms with Crippen LogP contribution in [0.5, 0.6) is 11.5 Å². The molecule has 0 bridgehead atoms.